The summed E-state index contributed by atoms with van der Waals surface area (Å²) in [6.07, 6.45) is 0.176. The fraction of sp³-hybridized carbons (Fsp3) is 0.750. The molecule has 0 aliphatic carbocycles. The summed E-state index contributed by atoms with van der Waals surface area (Å²) in [6, 6.07) is 0. The first-order chi connectivity index (χ1) is 10.1. The van der Waals surface area contributed by atoms with Gasteiger partial charge in [-0.1, -0.05) is 0 Å². The maximum Gasteiger partial charge on any atom is 0.508 e. The number of hydrogen-bond acceptors (Lipinski definition) is 9. The third-order valence-electron chi connectivity index (χ3n) is 2.23. The fourth-order valence-corrected chi connectivity index (χ4v) is 1.27. The van der Waals surface area contributed by atoms with Crippen LogP contribution in [0.4, 0.5) is 14.4 Å². The largest absolute Gasteiger partial charge is 0.508 e. The lowest BCUT2D eigenvalue weighted by molar-refractivity contribution is 0.0728. The van der Waals surface area contributed by atoms with Gasteiger partial charge in [0.15, 0.2) is 0 Å². The van der Waals surface area contributed by atoms with Crippen LogP contribution in [0.1, 0.15) is 19.8 Å². The Morgan fingerprint density at radius 1 is 0.714 bits per heavy atom. The van der Waals surface area contributed by atoms with Crippen molar-refractivity contribution in [3.8, 4) is 0 Å². The van der Waals surface area contributed by atoms with Crippen LogP contribution in [0.2, 0.25) is 0 Å². The van der Waals surface area contributed by atoms with Gasteiger partial charge in [-0.25, -0.2) is 14.4 Å². The average Bonchev–Trinajstić information content (AvgIpc) is 2.99. The molecular formula is C12H18O9. The molecule has 9 heteroatoms. The first-order valence-corrected chi connectivity index (χ1v) is 6.50. The zero-order chi connectivity index (χ0) is 15.5. The molecule has 1 atom stereocenters. The van der Waals surface area contributed by atoms with E-state index in [-0.39, 0.29) is 6.10 Å². The topological polar surface area (TPSA) is 107 Å². The number of carbonyl (C=O) groups is 3. The highest BCUT2D eigenvalue weighted by Gasteiger charge is 2.19. The third-order valence-corrected chi connectivity index (χ3v) is 2.23. The molecule has 3 aliphatic rings. The molecule has 3 fully saturated rings. The van der Waals surface area contributed by atoms with Crippen LogP contribution in [0.3, 0.4) is 0 Å². The van der Waals surface area contributed by atoms with Gasteiger partial charge in [-0.2, -0.15) is 0 Å². The first-order valence-electron chi connectivity index (χ1n) is 6.50. The zero-order valence-electron chi connectivity index (χ0n) is 11.7. The molecule has 0 aromatic heterocycles. The summed E-state index contributed by atoms with van der Waals surface area (Å²) in [5.41, 5.74) is 0. The normalized spacial score (nSPS) is 23.3. The van der Waals surface area contributed by atoms with Crippen molar-refractivity contribution < 1.29 is 42.8 Å². The summed E-state index contributed by atoms with van der Waals surface area (Å²) in [6.45, 7) is 4.04. The lowest BCUT2D eigenvalue weighted by Gasteiger charge is -1.94. The zero-order valence-corrected chi connectivity index (χ0v) is 11.7. The molecule has 1 unspecified atom stereocenters. The molecule has 0 bridgehead atoms. The lowest BCUT2D eigenvalue weighted by atomic mass is 10.3. The lowest BCUT2D eigenvalue weighted by Crippen LogP contribution is -2.02. The number of carbonyl (C=O) groups excluding carboxylic acids is 3. The molecule has 0 amide bonds. The molecule has 120 valence electrons. The number of hydrogen-bond donors (Lipinski definition) is 0. The molecule has 3 saturated heterocycles. The highest BCUT2D eigenvalue weighted by molar-refractivity contribution is 5.61. The molecule has 3 heterocycles. The van der Waals surface area contributed by atoms with Gasteiger partial charge in [0.2, 0.25) is 0 Å². The van der Waals surface area contributed by atoms with Crippen molar-refractivity contribution in [3.63, 3.8) is 0 Å². The van der Waals surface area contributed by atoms with Gasteiger partial charge in [0.1, 0.15) is 25.9 Å². The Morgan fingerprint density at radius 2 is 1.19 bits per heavy atom. The van der Waals surface area contributed by atoms with Gasteiger partial charge in [-0.05, 0) is 19.8 Å². The maximum absolute atomic E-state index is 10.2. The van der Waals surface area contributed by atoms with Crippen molar-refractivity contribution in [1.82, 2.24) is 0 Å². The predicted molar refractivity (Wildman–Crippen MR) is 65.7 cm³/mol. The van der Waals surface area contributed by atoms with Crippen LogP contribution in [-0.4, -0.2) is 57.6 Å². The van der Waals surface area contributed by atoms with E-state index in [0.717, 1.165) is 12.8 Å². The Balaban J connectivity index is 0.000000159. The Hall–Kier alpha value is -2.19. The summed E-state index contributed by atoms with van der Waals surface area (Å²) in [7, 11) is 0. The third kappa shape index (κ3) is 8.56. The van der Waals surface area contributed by atoms with Crippen molar-refractivity contribution in [3.05, 3.63) is 0 Å². The standard InChI is InChI=1S/C5H8O3.C4H6O3.C3H4O3/c6-5-7-3-1-2-4-8-5;1-3-2-6-4(5)7-3;4-3-5-1-2-6-3/h1-4H2;3H,2H2,1H3;1-2H2. The highest BCUT2D eigenvalue weighted by Crippen LogP contribution is 2.03. The van der Waals surface area contributed by atoms with E-state index >= 15 is 0 Å². The average molecular weight is 306 g/mol. The molecular weight excluding hydrogens is 288 g/mol. The molecule has 0 spiro atoms. The molecule has 3 aliphatic heterocycles. The van der Waals surface area contributed by atoms with Crippen molar-refractivity contribution in [1.29, 1.82) is 0 Å². The Bertz CT molecular complexity index is 337. The second-order valence-corrected chi connectivity index (χ2v) is 4.09. The Kier molecular flexibility index (Phi) is 7.77. The Labute approximate surface area is 121 Å². The molecule has 3 rings (SSSR count). The molecule has 0 N–H and O–H groups in total. The van der Waals surface area contributed by atoms with Crippen molar-refractivity contribution in [2.75, 3.05) is 33.0 Å². The van der Waals surface area contributed by atoms with Crippen molar-refractivity contribution >= 4 is 18.5 Å². The van der Waals surface area contributed by atoms with Gasteiger partial charge >= 0.3 is 18.5 Å². The molecule has 21 heavy (non-hydrogen) atoms. The predicted octanol–water partition coefficient (Wildman–Crippen LogP) is 1.63. The Morgan fingerprint density at radius 3 is 1.48 bits per heavy atom. The van der Waals surface area contributed by atoms with Crippen LogP contribution in [0.15, 0.2) is 0 Å². The second-order valence-electron chi connectivity index (χ2n) is 4.09. The van der Waals surface area contributed by atoms with E-state index in [1.165, 1.54) is 0 Å². The number of rotatable bonds is 0. The van der Waals surface area contributed by atoms with Gasteiger partial charge in [-0.3, -0.25) is 0 Å². The second kappa shape index (κ2) is 9.67. The minimum absolute atomic E-state index is 0.0486. The van der Waals surface area contributed by atoms with E-state index in [0.29, 0.717) is 33.0 Å². The fourth-order valence-electron chi connectivity index (χ4n) is 1.27. The summed E-state index contributed by atoms with van der Waals surface area (Å²) in [5, 5.41) is 0. The van der Waals surface area contributed by atoms with Crippen LogP contribution in [0, 0.1) is 0 Å². The van der Waals surface area contributed by atoms with Gasteiger partial charge in [0.05, 0.1) is 13.2 Å². The van der Waals surface area contributed by atoms with E-state index in [1.807, 2.05) is 0 Å². The summed E-state index contributed by atoms with van der Waals surface area (Å²) < 4.78 is 26.6. The molecule has 0 aromatic rings. The molecule has 9 nitrogen and oxygen atoms in total. The van der Waals surface area contributed by atoms with Crippen LogP contribution in [0.25, 0.3) is 0 Å². The van der Waals surface area contributed by atoms with Gasteiger partial charge in [0, 0.05) is 0 Å². The van der Waals surface area contributed by atoms with Crippen molar-refractivity contribution in [2.24, 2.45) is 0 Å². The van der Waals surface area contributed by atoms with Gasteiger partial charge in [0.25, 0.3) is 0 Å². The van der Waals surface area contributed by atoms with Crippen LogP contribution in [0.5, 0.6) is 0 Å². The monoisotopic (exact) mass is 306 g/mol. The van der Waals surface area contributed by atoms with Gasteiger partial charge < -0.3 is 28.4 Å². The minimum atomic E-state index is -0.549. The SMILES string of the molecule is CC1COC(=O)O1.O=C1OCCCCO1.O=C1OCCO1. The van der Waals surface area contributed by atoms with E-state index in [1.54, 1.807) is 6.92 Å². The van der Waals surface area contributed by atoms with Gasteiger partial charge in [-0.15, -0.1) is 0 Å². The van der Waals surface area contributed by atoms with E-state index < -0.39 is 18.5 Å². The summed E-state index contributed by atoms with van der Waals surface area (Å²) >= 11 is 0. The van der Waals surface area contributed by atoms with Crippen molar-refractivity contribution in [2.45, 2.75) is 25.9 Å². The molecule has 0 saturated carbocycles. The summed E-state index contributed by atoms with van der Waals surface area (Å²) in [5.74, 6) is 0. The number of cyclic esters (lactones) is 6. The highest BCUT2D eigenvalue weighted by atomic mass is 16.8. The van der Waals surface area contributed by atoms with E-state index in [9.17, 15) is 14.4 Å². The quantitative estimate of drug-likeness (QED) is 0.487. The van der Waals surface area contributed by atoms with Crippen LogP contribution in [-0.2, 0) is 28.4 Å². The van der Waals surface area contributed by atoms with E-state index in [4.69, 9.17) is 0 Å². The molecule has 0 aromatic carbocycles. The minimum Gasteiger partial charge on any atom is -0.434 e. The van der Waals surface area contributed by atoms with Crippen LogP contribution >= 0.6 is 0 Å². The first kappa shape index (κ1) is 16.9. The number of ether oxygens (including phenoxy) is 6. The van der Waals surface area contributed by atoms with Crippen LogP contribution < -0.4 is 0 Å². The molecule has 0 radical (unpaired) electrons. The summed E-state index contributed by atoms with van der Waals surface area (Å²) in [4.78, 5) is 30.0. The van der Waals surface area contributed by atoms with E-state index in [2.05, 4.69) is 28.4 Å². The maximum atomic E-state index is 10.2. The smallest absolute Gasteiger partial charge is 0.434 e.